The highest BCUT2D eigenvalue weighted by Gasteiger charge is 2.25. The van der Waals surface area contributed by atoms with Gasteiger partial charge in [0.15, 0.2) is 5.65 Å². The van der Waals surface area contributed by atoms with Gasteiger partial charge >= 0.3 is 0 Å². The van der Waals surface area contributed by atoms with Crippen LogP contribution >= 0.6 is 0 Å². The second kappa shape index (κ2) is 5.73. The quantitative estimate of drug-likeness (QED) is 0.941. The van der Waals surface area contributed by atoms with Crippen molar-refractivity contribution < 1.29 is 4.74 Å². The van der Waals surface area contributed by atoms with E-state index in [0.717, 1.165) is 49.5 Å². The lowest BCUT2D eigenvalue weighted by atomic mass is 10.1. The van der Waals surface area contributed by atoms with E-state index in [4.69, 9.17) is 9.72 Å². The molecule has 2 aromatic heterocycles. The highest BCUT2D eigenvalue weighted by molar-refractivity contribution is 5.71. The van der Waals surface area contributed by atoms with Crippen molar-refractivity contribution in [2.24, 2.45) is 0 Å². The van der Waals surface area contributed by atoms with Crippen LogP contribution < -0.4 is 5.32 Å². The fraction of sp³-hybridized carbons (Fsp3) is 0.625. The number of rotatable bonds is 3. The van der Waals surface area contributed by atoms with Gasteiger partial charge in [0.2, 0.25) is 0 Å². The Balaban J connectivity index is 1.70. The van der Waals surface area contributed by atoms with Crippen LogP contribution in [0.25, 0.3) is 11.2 Å². The molecule has 0 amide bonds. The molecule has 2 aromatic rings. The second-order valence-corrected chi connectivity index (χ2v) is 6.06. The van der Waals surface area contributed by atoms with E-state index in [-0.39, 0.29) is 0 Å². The van der Waals surface area contributed by atoms with E-state index in [1.54, 1.807) is 0 Å². The molecule has 0 aliphatic carbocycles. The molecule has 0 spiro atoms. The summed E-state index contributed by atoms with van der Waals surface area (Å²) in [5.74, 6) is 1.13. The van der Waals surface area contributed by atoms with Gasteiger partial charge in [-0.2, -0.15) is 0 Å². The molecule has 4 heterocycles. The third-order valence-corrected chi connectivity index (χ3v) is 4.57. The van der Waals surface area contributed by atoms with Gasteiger partial charge in [0.05, 0.1) is 18.7 Å². The molecule has 2 saturated heterocycles. The molecule has 0 radical (unpaired) electrons. The van der Waals surface area contributed by atoms with Gasteiger partial charge in [-0.25, -0.2) is 9.97 Å². The van der Waals surface area contributed by atoms with Gasteiger partial charge in [0.25, 0.3) is 0 Å². The average Bonchev–Trinajstić information content (AvgIpc) is 3.16. The molecule has 2 aliphatic rings. The molecule has 21 heavy (non-hydrogen) atoms. The molecule has 0 saturated carbocycles. The summed E-state index contributed by atoms with van der Waals surface area (Å²) in [5.41, 5.74) is 1.99. The third-order valence-electron chi connectivity index (χ3n) is 4.57. The van der Waals surface area contributed by atoms with Gasteiger partial charge in [-0.15, -0.1) is 0 Å². The minimum absolute atomic E-state index is 0.304. The highest BCUT2D eigenvalue weighted by atomic mass is 16.5. The van der Waals surface area contributed by atoms with Crippen molar-refractivity contribution in [3.8, 4) is 0 Å². The van der Waals surface area contributed by atoms with E-state index in [0.29, 0.717) is 12.1 Å². The van der Waals surface area contributed by atoms with Gasteiger partial charge in [-0.05, 0) is 50.8 Å². The molecule has 2 fully saturated rings. The first-order valence-electron chi connectivity index (χ1n) is 8.08. The third kappa shape index (κ3) is 2.56. The number of imidazole rings is 1. The lowest BCUT2D eigenvalue weighted by molar-refractivity contribution is 0.00591. The van der Waals surface area contributed by atoms with Crippen molar-refractivity contribution in [2.45, 2.75) is 50.8 Å². The average molecular weight is 286 g/mol. The molecule has 1 N–H and O–H groups in total. The second-order valence-electron chi connectivity index (χ2n) is 6.06. The summed E-state index contributed by atoms with van der Waals surface area (Å²) in [6.45, 7) is 2.85. The number of pyridine rings is 1. The van der Waals surface area contributed by atoms with E-state index in [9.17, 15) is 0 Å². The van der Waals surface area contributed by atoms with Gasteiger partial charge in [-0.1, -0.05) is 0 Å². The van der Waals surface area contributed by atoms with E-state index >= 15 is 0 Å². The zero-order chi connectivity index (χ0) is 14.1. The molecule has 0 bridgehead atoms. The smallest absolute Gasteiger partial charge is 0.160 e. The molecular weight excluding hydrogens is 264 g/mol. The Morgan fingerprint density at radius 3 is 3.10 bits per heavy atom. The Morgan fingerprint density at radius 2 is 2.29 bits per heavy atom. The number of fused-ring (bicyclic) bond motifs is 1. The SMILES string of the molecule is c1cnc2c(c1)nc(C1CCCN1)n2CC1CCCCO1. The van der Waals surface area contributed by atoms with Crippen LogP contribution in [0.15, 0.2) is 18.3 Å². The minimum Gasteiger partial charge on any atom is -0.376 e. The topological polar surface area (TPSA) is 52.0 Å². The number of ether oxygens (including phenoxy) is 1. The number of hydrogen-bond acceptors (Lipinski definition) is 4. The Labute approximate surface area is 124 Å². The van der Waals surface area contributed by atoms with Gasteiger partial charge < -0.3 is 14.6 Å². The first kappa shape index (κ1) is 13.2. The van der Waals surface area contributed by atoms with Crippen LogP contribution in [-0.2, 0) is 11.3 Å². The molecule has 4 rings (SSSR count). The lowest BCUT2D eigenvalue weighted by Gasteiger charge is -2.24. The highest BCUT2D eigenvalue weighted by Crippen LogP contribution is 2.27. The molecule has 2 unspecified atom stereocenters. The molecule has 0 aromatic carbocycles. The van der Waals surface area contributed by atoms with Crippen LogP contribution in [0.2, 0.25) is 0 Å². The van der Waals surface area contributed by atoms with Crippen LogP contribution in [0.4, 0.5) is 0 Å². The molecule has 5 nitrogen and oxygen atoms in total. The van der Waals surface area contributed by atoms with E-state index in [1.807, 2.05) is 12.3 Å². The zero-order valence-corrected chi connectivity index (χ0v) is 12.3. The predicted molar refractivity (Wildman–Crippen MR) is 81.1 cm³/mol. The molecule has 5 heteroatoms. The maximum atomic E-state index is 5.92. The van der Waals surface area contributed by atoms with Crippen molar-refractivity contribution >= 4 is 11.2 Å². The van der Waals surface area contributed by atoms with Gasteiger partial charge in [0.1, 0.15) is 11.3 Å². The zero-order valence-electron chi connectivity index (χ0n) is 12.3. The molecule has 112 valence electrons. The Morgan fingerprint density at radius 1 is 1.29 bits per heavy atom. The Hall–Kier alpha value is -1.46. The molecule has 2 atom stereocenters. The Kier molecular flexibility index (Phi) is 3.61. The van der Waals surface area contributed by atoms with Crippen LogP contribution in [0.3, 0.4) is 0 Å². The fourth-order valence-corrected chi connectivity index (χ4v) is 3.48. The normalized spacial score (nSPS) is 26.5. The van der Waals surface area contributed by atoms with E-state index < -0.39 is 0 Å². The fourth-order valence-electron chi connectivity index (χ4n) is 3.48. The van der Waals surface area contributed by atoms with Gasteiger partial charge in [0, 0.05) is 12.8 Å². The minimum atomic E-state index is 0.304. The largest absolute Gasteiger partial charge is 0.376 e. The van der Waals surface area contributed by atoms with Crippen molar-refractivity contribution in [3.63, 3.8) is 0 Å². The summed E-state index contributed by atoms with van der Waals surface area (Å²) < 4.78 is 8.21. The van der Waals surface area contributed by atoms with Gasteiger partial charge in [-0.3, -0.25) is 0 Å². The number of aromatic nitrogens is 3. The van der Waals surface area contributed by atoms with Crippen molar-refractivity contribution in [1.82, 2.24) is 19.9 Å². The maximum absolute atomic E-state index is 5.92. The lowest BCUT2D eigenvalue weighted by Crippen LogP contribution is -2.27. The number of hydrogen-bond donors (Lipinski definition) is 1. The summed E-state index contributed by atoms with van der Waals surface area (Å²) in [4.78, 5) is 9.40. The van der Waals surface area contributed by atoms with E-state index in [1.165, 1.54) is 19.3 Å². The van der Waals surface area contributed by atoms with Crippen LogP contribution in [0.5, 0.6) is 0 Å². The predicted octanol–water partition coefficient (Wildman–Crippen LogP) is 2.42. The van der Waals surface area contributed by atoms with Crippen molar-refractivity contribution in [2.75, 3.05) is 13.2 Å². The standard InChI is InChI=1S/C16H22N4O/c1-2-10-21-12(5-1)11-20-15-14(7-4-9-18-15)19-16(20)13-6-3-8-17-13/h4,7,9,12-13,17H,1-3,5-6,8,10-11H2. The maximum Gasteiger partial charge on any atom is 0.160 e. The first-order chi connectivity index (χ1) is 10.4. The summed E-state index contributed by atoms with van der Waals surface area (Å²) in [6.07, 6.45) is 8.14. The van der Waals surface area contributed by atoms with Crippen LogP contribution in [-0.4, -0.2) is 33.8 Å². The van der Waals surface area contributed by atoms with Crippen molar-refractivity contribution in [1.29, 1.82) is 0 Å². The number of nitrogens with one attached hydrogen (secondary N) is 1. The van der Waals surface area contributed by atoms with Crippen molar-refractivity contribution in [3.05, 3.63) is 24.2 Å². The summed E-state index contributed by atoms with van der Waals surface area (Å²) in [6, 6.07) is 4.38. The summed E-state index contributed by atoms with van der Waals surface area (Å²) in [5, 5.41) is 3.56. The summed E-state index contributed by atoms with van der Waals surface area (Å²) in [7, 11) is 0. The van der Waals surface area contributed by atoms with Crippen LogP contribution in [0.1, 0.15) is 44.0 Å². The molecule has 2 aliphatic heterocycles. The molecular formula is C16H22N4O. The monoisotopic (exact) mass is 286 g/mol. The van der Waals surface area contributed by atoms with Crippen LogP contribution in [0, 0.1) is 0 Å². The first-order valence-corrected chi connectivity index (χ1v) is 8.08. The number of nitrogens with zero attached hydrogens (tertiary/aromatic N) is 3. The Bertz CT molecular complexity index is 612. The van der Waals surface area contributed by atoms with E-state index in [2.05, 4.69) is 20.9 Å². The summed E-state index contributed by atoms with van der Waals surface area (Å²) >= 11 is 0.